The van der Waals surface area contributed by atoms with E-state index in [1.807, 2.05) is 47.4 Å². The lowest BCUT2D eigenvalue weighted by atomic mass is 10.1. The van der Waals surface area contributed by atoms with Gasteiger partial charge in [-0.2, -0.15) is 0 Å². The lowest BCUT2D eigenvalue weighted by Gasteiger charge is -2.15. The zero-order valence-electron chi connectivity index (χ0n) is 15.1. The first-order chi connectivity index (χ1) is 13.1. The Labute approximate surface area is 164 Å². The Kier molecular flexibility index (Phi) is 6.71. The number of ether oxygens (including phenoxy) is 1. The fourth-order valence-corrected chi connectivity index (χ4v) is 3.29. The Morgan fingerprint density at radius 2 is 1.78 bits per heavy atom. The molecule has 0 aliphatic carbocycles. The molecule has 2 aromatic carbocycles. The summed E-state index contributed by atoms with van der Waals surface area (Å²) >= 11 is 6.27. The average Bonchev–Trinajstić information content (AvgIpc) is 3.22. The molecule has 0 aromatic heterocycles. The Balaban J connectivity index is 1.44. The summed E-state index contributed by atoms with van der Waals surface area (Å²) in [5.74, 6) is 0.278. The van der Waals surface area contributed by atoms with E-state index in [-0.39, 0.29) is 18.4 Å². The fourth-order valence-electron chi connectivity index (χ4n) is 3.06. The van der Waals surface area contributed by atoms with E-state index in [1.165, 1.54) is 0 Å². The monoisotopic (exact) mass is 386 g/mol. The predicted molar refractivity (Wildman–Crippen MR) is 106 cm³/mol. The Hall–Kier alpha value is -2.53. The van der Waals surface area contributed by atoms with Crippen LogP contribution < -0.4 is 10.1 Å². The van der Waals surface area contributed by atoms with E-state index in [2.05, 4.69) is 5.32 Å². The molecular formula is C21H23ClN2O3. The van der Waals surface area contributed by atoms with E-state index >= 15 is 0 Å². The Bertz CT molecular complexity index is 789. The van der Waals surface area contributed by atoms with Crippen molar-refractivity contribution in [1.82, 2.24) is 10.2 Å². The second-order valence-corrected chi connectivity index (χ2v) is 6.89. The van der Waals surface area contributed by atoms with Crippen LogP contribution in [0.4, 0.5) is 0 Å². The Morgan fingerprint density at radius 3 is 2.48 bits per heavy atom. The van der Waals surface area contributed by atoms with Gasteiger partial charge in [0.25, 0.3) is 5.91 Å². The lowest BCUT2D eigenvalue weighted by Crippen LogP contribution is -2.34. The molecule has 2 amide bonds. The first-order valence-electron chi connectivity index (χ1n) is 9.16. The Morgan fingerprint density at radius 1 is 1.04 bits per heavy atom. The number of hydrogen-bond acceptors (Lipinski definition) is 3. The van der Waals surface area contributed by atoms with Gasteiger partial charge in [-0.15, -0.1) is 0 Å². The zero-order valence-corrected chi connectivity index (χ0v) is 15.9. The van der Waals surface area contributed by atoms with Crippen LogP contribution in [0.5, 0.6) is 5.75 Å². The maximum atomic E-state index is 11.9. The third kappa shape index (κ3) is 5.47. The fraction of sp³-hybridized carbons (Fsp3) is 0.333. The average molecular weight is 387 g/mol. The summed E-state index contributed by atoms with van der Waals surface area (Å²) in [7, 11) is 0. The van der Waals surface area contributed by atoms with Gasteiger partial charge in [-0.25, -0.2) is 0 Å². The molecule has 0 radical (unpaired) electrons. The van der Waals surface area contributed by atoms with Gasteiger partial charge in [-0.05, 0) is 36.1 Å². The minimum atomic E-state index is -0.271. The van der Waals surface area contributed by atoms with Gasteiger partial charge in [-0.1, -0.05) is 48.0 Å². The van der Waals surface area contributed by atoms with E-state index in [1.54, 1.807) is 6.07 Å². The highest BCUT2D eigenvalue weighted by Crippen LogP contribution is 2.30. The van der Waals surface area contributed by atoms with Gasteiger partial charge < -0.3 is 15.0 Å². The minimum absolute atomic E-state index is 0.0910. The van der Waals surface area contributed by atoms with Crippen LogP contribution in [0.15, 0.2) is 48.5 Å². The van der Waals surface area contributed by atoms with Crippen molar-refractivity contribution in [2.24, 2.45) is 0 Å². The van der Waals surface area contributed by atoms with Gasteiger partial charge >= 0.3 is 0 Å². The summed E-state index contributed by atoms with van der Waals surface area (Å²) in [6.45, 7) is 1.83. The largest absolute Gasteiger partial charge is 0.482 e. The van der Waals surface area contributed by atoms with E-state index in [4.69, 9.17) is 16.3 Å². The van der Waals surface area contributed by atoms with Gasteiger partial charge in [-0.3, -0.25) is 9.59 Å². The molecule has 0 unspecified atom stereocenters. The SMILES string of the molecule is O=C(COc1ccc(-c2ccccc2)cc1Cl)NCCC(=O)N1CCCC1. The van der Waals surface area contributed by atoms with Crippen LogP contribution in [0.3, 0.4) is 0 Å². The zero-order chi connectivity index (χ0) is 19.1. The predicted octanol–water partition coefficient (Wildman–Crippen LogP) is 3.51. The molecular weight excluding hydrogens is 364 g/mol. The van der Waals surface area contributed by atoms with Crippen LogP contribution in [0.2, 0.25) is 5.02 Å². The van der Waals surface area contributed by atoms with Gasteiger partial charge in [0.2, 0.25) is 5.91 Å². The van der Waals surface area contributed by atoms with Gasteiger partial charge in [0.05, 0.1) is 5.02 Å². The van der Waals surface area contributed by atoms with Crippen molar-refractivity contribution in [2.45, 2.75) is 19.3 Å². The van der Waals surface area contributed by atoms with Crippen LogP contribution in [0, 0.1) is 0 Å². The molecule has 1 heterocycles. The first kappa shape index (κ1) is 19.2. The molecule has 3 rings (SSSR count). The quantitative estimate of drug-likeness (QED) is 0.792. The van der Waals surface area contributed by atoms with Crippen molar-refractivity contribution in [2.75, 3.05) is 26.2 Å². The maximum absolute atomic E-state index is 11.9. The van der Waals surface area contributed by atoms with Crippen molar-refractivity contribution >= 4 is 23.4 Å². The topological polar surface area (TPSA) is 58.6 Å². The number of nitrogens with zero attached hydrogens (tertiary/aromatic N) is 1. The molecule has 1 saturated heterocycles. The van der Waals surface area contributed by atoms with Crippen LogP contribution in [-0.4, -0.2) is 43.0 Å². The number of likely N-dealkylation sites (tertiary alicyclic amines) is 1. The standard InChI is InChI=1S/C21H23ClN2O3/c22-18-14-17(16-6-2-1-3-7-16)8-9-19(18)27-15-20(25)23-11-10-21(26)24-12-4-5-13-24/h1-3,6-9,14H,4-5,10-13,15H2,(H,23,25). The van der Waals surface area contributed by atoms with E-state index in [0.717, 1.165) is 37.1 Å². The minimum Gasteiger partial charge on any atom is -0.482 e. The first-order valence-corrected chi connectivity index (χ1v) is 9.53. The second-order valence-electron chi connectivity index (χ2n) is 6.49. The van der Waals surface area contributed by atoms with E-state index in [0.29, 0.717) is 23.7 Å². The highest BCUT2D eigenvalue weighted by Gasteiger charge is 2.17. The summed E-state index contributed by atoms with van der Waals surface area (Å²) in [4.78, 5) is 25.7. The summed E-state index contributed by atoms with van der Waals surface area (Å²) in [5, 5.41) is 3.16. The van der Waals surface area contributed by atoms with Crippen molar-refractivity contribution in [3.05, 3.63) is 53.6 Å². The second kappa shape index (κ2) is 9.42. The molecule has 0 atom stereocenters. The van der Waals surface area contributed by atoms with Crippen LogP contribution in [-0.2, 0) is 9.59 Å². The summed E-state index contributed by atoms with van der Waals surface area (Å²) in [5.41, 5.74) is 2.05. The highest BCUT2D eigenvalue weighted by molar-refractivity contribution is 6.32. The smallest absolute Gasteiger partial charge is 0.257 e. The van der Waals surface area contributed by atoms with Crippen LogP contribution >= 0.6 is 11.6 Å². The van der Waals surface area contributed by atoms with Gasteiger partial charge in [0.1, 0.15) is 5.75 Å². The molecule has 27 heavy (non-hydrogen) atoms. The molecule has 0 bridgehead atoms. The van der Waals surface area contributed by atoms with E-state index < -0.39 is 0 Å². The number of benzene rings is 2. The van der Waals surface area contributed by atoms with E-state index in [9.17, 15) is 9.59 Å². The normalized spacial score (nSPS) is 13.4. The molecule has 2 aromatic rings. The molecule has 6 heteroatoms. The molecule has 1 aliphatic heterocycles. The van der Waals surface area contributed by atoms with Gasteiger partial charge in [0.15, 0.2) is 6.61 Å². The summed E-state index contributed by atoms with van der Waals surface area (Å²) in [6, 6.07) is 15.4. The van der Waals surface area contributed by atoms with Crippen molar-refractivity contribution < 1.29 is 14.3 Å². The number of hydrogen-bond donors (Lipinski definition) is 1. The number of amides is 2. The molecule has 142 valence electrons. The number of rotatable bonds is 7. The molecule has 5 nitrogen and oxygen atoms in total. The summed E-state index contributed by atoms with van der Waals surface area (Å²) in [6.07, 6.45) is 2.45. The van der Waals surface area contributed by atoms with Crippen LogP contribution in [0.1, 0.15) is 19.3 Å². The van der Waals surface area contributed by atoms with Crippen LogP contribution in [0.25, 0.3) is 11.1 Å². The molecule has 1 N–H and O–H groups in total. The molecule has 1 aliphatic rings. The maximum Gasteiger partial charge on any atom is 0.257 e. The molecule has 0 spiro atoms. The number of carbonyl (C=O) groups excluding carboxylic acids is 2. The third-order valence-electron chi connectivity index (χ3n) is 4.52. The number of carbonyl (C=O) groups is 2. The third-order valence-corrected chi connectivity index (χ3v) is 4.81. The summed E-state index contributed by atoms with van der Waals surface area (Å²) < 4.78 is 5.51. The molecule has 1 fully saturated rings. The number of halogens is 1. The van der Waals surface area contributed by atoms with Crippen molar-refractivity contribution in [3.63, 3.8) is 0 Å². The van der Waals surface area contributed by atoms with Gasteiger partial charge in [0, 0.05) is 26.1 Å². The van der Waals surface area contributed by atoms with Crippen molar-refractivity contribution in [1.29, 1.82) is 0 Å². The highest BCUT2D eigenvalue weighted by atomic mass is 35.5. The molecule has 0 saturated carbocycles. The number of nitrogens with one attached hydrogen (secondary N) is 1. The lowest BCUT2D eigenvalue weighted by molar-refractivity contribution is -0.130. The van der Waals surface area contributed by atoms with Crippen molar-refractivity contribution in [3.8, 4) is 16.9 Å².